The van der Waals surface area contributed by atoms with Gasteiger partial charge in [-0.3, -0.25) is 9.59 Å². The predicted octanol–water partition coefficient (Wildman–Crippen LogP) is 1.57. The summed E-state index contributed by atoms with van der Waals surface area (Å²) >= 11 is 0. The Morgan fingerprint density at radius 1 is 1.11 bits per heavy atom. The monoisotopic (exact) mass is 270 g/mol. The fraction of sp³-hybridized carbons (Fsp3) is 0.857. The van der Waals surface area contributed by atoms with Crippen molar-refractivity contribution in [1.29, 1.82) is 0 Å². The van der Waals surface area contributed by atoms with Crippen LogP contribution in [0.2, 0.25) is 0 Å². The minimum absolute atomic E-state index is 0.0427. The van der Waals surface area contributed by atoms with Gasteiger partial charge in [-0.1, -0.05) is 12.8 Å². The Balaban J connectivity index is 2.16. The average Bonchev–Trinajstić information content (AvgIpc) is 2.88. The molecule has 0 saturated heterocycles. The van der Waals surface area contributed by atoms with Gasteiger partial charge in [0.15, 0.2) is 0 Å². The van der Waals surface area contributed by atoms with Crippen LogP contribution in [0.4, 0.5) is 0 Å². The summed E-state index contributed by atoms with van der Waals surface area (Å²) in [4.78, 5) is 26.2. The molecule has 1 rings (SSSR count). The van der Waals surface area contributed by atoms with Gasteiger partial charge in [0.25, 0.3) is 0 Å². The number of nitrogens with zero attached hydrogens (tertiary/aromatic N) is 2. The summed E-state index contributed by atoms with van der Waals surface area (Å²) in [6.07, 6.45) is 6.01. The van der Waals surface area contributed by atoms with Gasteiger partial charge >= 0.3 is 5.97 Å². The third-order valence-electron chi connectivity index (χ3n) is 3.94. The number of carbonyl (C=O) groups excluding carboxylic acids is 1. The topological polar surface area (TPSA) is 60.9 Å². The predicted molar refractivity (Wildman–Crippen MR) is 74.0 cm³/mol. The van der Waals surface area contributed by atoms with E-state index in [1.165, 1.54) is 25.7 Å². The minimum atomic E-state index is -0.837. The van der Waals surface area contributed by atoms with Crippen molar-refractivity contribution in [3.8, 4) is 0 Å². The van der Waals surface area contributed by atoms with Crippen LogP contribution < -0.4 is 0 Å². The van der Waals surface area contributed by atoms with Crippen LogP contribution in [-0.2, 0) is 9.59 Å². The van der Waals surface area contributed by atoms with E-state index in [2.05, 4.69) is 11.9 Å². The van der Waals surface area contributed by atoms with Crippen LogP contribution in [0.3, 0.4) is 0 Å². The van der Waals surface area contributed by atoms with Crippen molar-refractivity contribution >= 4 is 11.9 Å². The van der Waals surface area contributed by atoms with Crippen molar-refractivity contribution < 1.29 is 14.7 Å². The van der Waals surface area contributed by atoms with E-state index in [1.807, 2.05) is 0 Å². The van der Waals surface area contributed by atoms with Gasteiger partial charge in [0.1, 0.15) is 0 Å². The van der Waals surface area contributed by atoms with Crippen molar-refractivity contribution in [3.05, 3.63) is 0 Å². The lowest BCUT2D eigenvalue weighted by molar-refractivity contribution is -0.137. The quantitative estimate of drug-likeness (QED) is 0.727. The lowest BCUT2D eigenvalue weighted by Crippen LogP contribution is -2.38. The molecule has 110 valence electrons. The fourth-order valence-electron chi connectivity index (χ4n) is 2.54. The first-order valence-electron chi connectivity index (χ1n) is 7.16. The van der Waals surface area contributed by atoms with Crippen molar-refractivity contribution in [2.75, 3.05) is 27.2 Å². The van der Waals surface area contributed by atoms with Crippen LogP contribution in [0.5, 0.6) is 0 Å². The Bertz CT molecular complexity index is 301. The molecular formula is C14H26N2O3. The zero-order chi connectivity index (χ0) is 14.3. The van der Waals surface area contributed by atoms with E-state index in [-0.39, 0.29) is 12.3 Å². The third-order valence-corrected chi connectivity index (χ3v) is 3.94. The maximum absolute atomic E-state index is 11.8. The summed E-state index contributed by atoms with van der Waals surface area (Å²) in [5.41, 5.74) is 0. The van der Waals surface area contributed by atoms with Gasteiger partial charge in [0.05, 0.1) is 0 Å². The lowest BCUT2D eigenvalue weighted by Gasteiger charge is -2.26. The third kappa shape index (κ3) is 6.05. The number of carbonyl (C=O) groups is 2. The zero-order valence-electron chi connectivity index (χ0n) is 12.1. The Morgan fingerprint density at radius 2 is 1.74 bits per heavy atom. The van der Waals surface area contributed by atoms with Gasteiger partial charge in [0, 0.05) is 39.0 Å². The largest absolute Gasteiger partial charge is 0.481 e. The van der Waals surface area contributed by atoms with Crippen LogP contribution in [0.15, 0.2) is 0 Å². The summed E-state index contributed by atoms with van der Waals surface area (Å²) < 4.78 is 0. The first-order valence-corrected chi connectivity index (χ1v) is 7.16. The molecule has 0 spiro atoms. The molecule has 1 saturated carbocycles. The van der Waals surface area contributed by atoms with Crippen LogP contribution in [0, 0.1) is 0 Å². The van der Waals surface area contributed by atoms with E-state index in [9.17, 15) is 9.59 Å². The summed E-state index contributed by atoms with van der Waals surface area (Å²) in [7, 11) is 3.92. The highest BCUT2D eigenvalue weighted by atomic mass is 16.4. The maximum atomic E-state index is 11.8. The number of rotatable bonds is 8. The van der Waals surface area contributed by atoms with Gasteiger partial charge in [-0.15, -0.1) is 0 Å². The number of hydrogen-bond donors (Lipinski definition) is 1. The zero-order valence-corrected chi connectivity index (χ0v) is 12.1. The molecule has 0 atom stereocenters. The first kappa shape index (κ1) is 16.0. The maximum Gasteiger partial charge on any atom is 0.303 e. The lowest BCUT2D eigenvalue weighted by atomic mass is 10.2. The number of hydrogen-bond acceptors (Lipinski definition) is 3. The molecule has 0 unspecified atom stereocenters. The molecule has 5 nitrogen and oxygen atoms in total. The highest BCUT2D eigenvalue weighted by Gasteiger charge is 2.19. The van der Waals surface area contributed by atoms with E-state index in [1.54, 1.807) is 11.9 Å². The molecule has 1 aliphatic carbocycles. The number of likely N-dealkylation sites (N-methyl/N-ethyl adjacent to an activating group) is 2. The van der Waals surface area contributed by atoms with Gasteiger partial charge in [0.2, 0.25) is 5.91 Å². The second-order valence-corrected chi connectivity index (χ2v) is 5.48. The van der Waals surface area contributed by atoms with Crippen molar-refractivity contribution in [1.82, 2.24) is 9.80 Å². The molecule has 5 heteroatoms. The molecule has 0 heterocycles. The van der Waals surface area contributed by atoms with E-state index in [0.29, 0.717) is 18.9 Å². The normalized spacial score (nSPS) is 15.9. The summed E-state index contributed by atoms with van der Waals surface area (Å²) in [6.45, 7) is 1.62. The molecule has 1 fully saturated rings. The Labute approximate surface area is 115 Å². The molecule has 0 aliphatic heterocycles. The van der Waals surface area contributed by atoms with Gasteiger partial charge in [-0.25, -0.2) is 0 Å². The van der Waals surface area contributed by atoms with E-state index >= 15 is 0 Å². The SMILES string of the molecule is CN(CCN(C)C1CCCC1)C(=O)CCCC(=O)O. The van der Waals surface area contributed by atoms with Gasteiger partial charge in [-0.05, 0) is 26.3 Å². The van der Waals surface area contributed by atoms with E-state index < -0.39 is 5.97 Å². The molecule has 1 aliphatic rings. The van der Waals surface area contributed by atoms with Crippen molar-refractivity contribution in [2.24, 2.45) is 0 Å². The second-order valence-electron chi connectivity index (χ2n) is 5.48. The van der Waals surface area contributed by atoms with Gasteiger partial charge in [-0.2, -0.15) is 0 Å². The number of carboxylic acid groups (broad SMARTS) is 1. The molecule has 0 radical (unpaired) electrons. The summed E-state index contributed by atoms with van der Waals surface area (Å²) in [5.74, 6) is -0.794. The fourth-order valence-corrected chi connectivity index (χ4v) is 2.54. The van der Waals surface area contributed by atoms with Crippen LogP contribution in [0.25, 0.3) is 0 Å². The standard InChI is InChI=1S/C14H26N2O3/c1-15(12-6-3-4-7-12)10-11-16(2)13(17)8-5-9-14(18)19/h12H,3-11H2,1-2H3,(H,18,19). The van der Waals surface area contributed by atoms with Crippen molar-refractivity contribution in [2.45, 2.75) is 51.0 Å². The van der Waals surface area contributed by atoms with Crippen LogP contribution >= 0.6 is 0 Å². The molecule has 0 aromatic carbocycles. The Morgan fingerprint density at radius 3 is 2.32 bits per heavy atom. The number of carboxylic acids is 1. The molecule has 0 bridgehead atoms. The van der Waals surface area contributed by atoms with Crippen LogP contribution in [-0.4, -0.2) is 60.0 Å². The number of amides is 1. The molecule has 19 heavy (non-hydrogen) atoms. The second kappa shape index (κ2) is 8.15. The average molecular weight is 270 g/mol. The number of aliphatic carboxylic acids is 1. The van der Waals surface area contributed by atoms with E-state index in [4.69, 9.17) is 5.11 Å². The Kier molecular flexibility index (Phi) is 6.84. The molecule has 1 N–H and O–H groups in total. The molecule has 0 aromatic rings. The smallest absolute Gasteiger partial charge is 0.303 e. The summed E-state index contributed by atoms with van der Waals surface area (Å²) in [6, 6.07) is 0.676. The molecule has 0 aromatic heterocycles. The Hall–Kier alpha value is -1.10. The highest BCUT2D eigenvalue weighted by molar-refractivity contribution is 5.76. The molecular weight excluding hydrogens is 244 g/mol. The molecule has 1 amide bonds. The van der Waals surface area contributed by atoms with Gasteiger partial charge < -0.3 is 14.9 Å². The van der Waals surface area contributed by atoms with Crippen LogP contribution in [0.1, 0.15) is 44.9 Å². The van der Waals surface area contributed by atoms with Crippen molar-refractivity contribution in [3.63, 3.8) is 0 Å². The first-order chi connectivity index (χ1) is 9.00. The highest BCUT2D eigenvalue weighted by Crippen LogP contribution is 2.21. The minimum Gasteiger partial charge on any atom is -0.481 e. The summed E-state index contributed by atoms with van der Waals surface area (Å²) in [5, 5.41) is 8.53. The van der Waals surface area contributed by atoms with E-state index in [0.717, 1.165) is 13.1 Å².